The van der Waals surface area contributed by atoms with E-state index in [2.05, 4.69) is 4.74 Å². The van der Waals surface area contributed by atoms with Crippen molar-refractivity contribution in [1.82, 2.24) is 0 Å². The summed E-state index contributed by atoms with van der Waals surface area (Å²) in [7, 11) is 0. The molecule has 0 heterocycles. The van der Waals surface area contributed by atoms with E-state index in [-0.39, 0.29) is 30.3 Å². The number of carbonyl (C=O) groups is 1. The van der Waals surface area contributed by atoms with Crippen molar-refractivity contribution in [3.05, 3.63) is 24.8 Å². The quantitative estimate of drug-likeness (QED) is 0.478. The number of hydrogen-bond donors (Lipinski definition) is 2. The largest absolute Gasteiger partial charge is 0.506 e. The molecule has 0 aromatic heterocycles. The topological polar surface area (TPSA) is 72.5 Å². The maximum Gasteiger partial charge on any atom is 0.342 e. The molecule has 19 heavy (non-hydrogen) atoms. The highest BCUT2D eigenvalue weighted by Crippen LogP contribution is 2.32. The number of rotatable bonds is 4. The van der Waals surface area contributed by atoms with Crippen LogP contribution in [0.25, 0.3) is 0 Å². The average Bonchev–Trinajstić information content (AvgIpc) is 2.32. The number of alkyl halides is 1. The zero-order valence-electron chi connectivity index (χ0n) is 9.90. The molecule has 4 nitrogen and oxygen atoms in total. The van der Waals surface area contributed by atoms with E-state index in [1.807, 2.05) is 45.2 Å². The molecule has 0 amide bonds. The van der Waals surface area contributed by atoms with Gasteiger partial charge in [0.2, 0.25) is 6.17 Å². The van der Waals surface area contributed by atoms with Crippen molar-refractivity contribution in [3.63, 3.8) is 0 Å². The van der Waals surface area contributed by atoms with E-state index in [1.165, 1.54) is 0 Å². The number of nitrogens with two attached hydrogens (primary N) is 1. The van der Waals surface area contributed by atoms with Crippen LogP contribution in [0, 0.1) is 7.14 Å². The Morgan fingerprint density at radius 2 is 2.11 bits per heavy atom. The maximum atomic E-state index is 13.8. The van der Waals surface area contributed by atoms with Gasteiger partial charge in [-0.1, -0.05) is 0 Å². The molecule has 8 heteroatoms. The van der Waals surface area contributed by atoms with Gasteiger partial charge in [0.15, 0.2) is 0 Å². The van der Waals surface area contributed by atoms with E-state index in [0.717, 1.165) is 3.57 Å². The minimum atomic E-state index is -2.00. The summed E-state index contributed by atoms with van der Waals surface area (Å²) in [6.07, 6.45) is -2.00. The van der Waals surface area contributed by atoms with E-state index in [4.69, 9.17) is 5.73 Å². The zero-order valence-corrected chi connectivity index (χ0v) is 15.0. The van der Waals surface area contributed by atoms with E-state index >= 15 is 0 Å². The monoisotopic (exact) mass is 515 g/mol. The summed E-state index contributed by atoms with van der Waals surface area (Å²) in [6, 6.07) is 2.03. The van der Waals surface area contributed by atoms with E-state index < -0.39 is 18.2 Å². The van der Waals surface area contributed by atoms with Crippen LogP contribution in [0.4, 0.5) is 4.39 Å². The van der Waals surface area contributed by atoms with Crippen molar-refractivity contribution in [2.24, 2.45) is 5.73 Å². The highest BCUT2D eigenvalue weighted by Gasteiger charge is 2.30. The van der Waals surface area contributed by atoms with Gasteiger partial charge in [-0.2, -0.15) is 0 Å². The Morgan fingerprint density at radius 3 is 2.63 bits per heavy atom. The van der Waals surface area contributed by atoms with Crippen molar-refractivity contribution in [2.45, 2.75) is 19.1 Å². The molecule has 0 aliphatic carbocycles. The Morgan fingerprint density at radius 1 is 1.53 bits per heavy atom. The summed E-state index contributed by atoms with van der Waals surface area (Å²) >= 11 is 3.95. The number of benzene rings is 1. The predicted molar refractivity (Wildman–Crippen MR) is 89.2 cm³/mol. The molecule has 0 saturated heterocycles. The molecule has 0 radical (unpaired) electrons. The van der Waals surface area contributed by atoms with Crippen molar-refractivity contribution in [1.29, 1.82) is 0 Å². The predicted octanol–water partition coefficient (Wildman–Crippen LogP) is 2.92. The average molecular weight is 515 g/mol. The lowest BCUT2D eigenvalue weighted by atomic mass is 10.0. The van der Waals surface area contributed by atoms with Gasteiger partial charge in [-0.15, -0.1) is 12.4 Å². The summed E-state index contributed by atoms with van der Waals surface area (Å²) in [5.41, 5.74) is 5.87. The molecule has 1 aromatic carbocycles. The molecular formula is C11H13ClFI2NO3. The van der Waals surface area contributed by atoms with Gasteiger partial charge in [0.05, 0.1) is 16.2 Å². The molecule has 0 saturated carbocycles. The van der Waals surface area contributed by atoms with Crippen molar-refractivity contribution < 1.29 is 19.0 Å². The number of carbonyl (C=O) groups excluding carboxylic acids is 1. The Kier molecular flexibility index (Phi) is 8.48. The molecule has 0 aliphatic heterocycles. The molecule has 0 bridgehead atoms. The van der Waals surface area contributed by atoms with Gasteiger partial charge in [-0.25, -0.2) is 9.18 Å². The van der Waals surface area contributed by atoms with Gasteiger partial charge in [-0.05, 0) is 64.2 Å². The maximum absolute atomic E-state index is 13.8. The smallest absolute Gasteiger partial charge is 0.342 e. The summed E-state index contributed by atoms with van der Waals surface area (Å²) in [4.78, 5) is 11.3. The number of aromatic hydroxyl groups is 1. The molecule has 0 aliphatic rings. The van der Waals surface area contributed by atoms with Gasteiger partial charge in [-0.3, -0.25) is 0 Å². The van der Waals surface area contributed by atoms with Crippen LogP contribution in [0.2, 0.25) is 0 Å². The Labute approximate surface area is 144 Å². The first-order chi connectivity index (χ1) is 8.38. The lowest BCUT2D eigenvalue weighted by Crippen LogP contribution is -2.31. The zero-order chi connectivity index (χ0) is 13.9. The third-order valence-corrected chi connectivity index (χ3v) is 3.69. The summed E-state index contributed by atoms with van der Waals surface area (Å²) in [5.74, 6) is -1.12. The molecule has 2 atom stereocenters. The molecule has 0 spiro atoms. The minimum absolute atomic E-state index is 0. The molecular weight excluding hydrogens is 502 g/mol. The second-order valence-corrected chi connectivity index (χ2v) is 5.91. The standard InChI is InChI=1S/C11H12FI2NO3.ClH/c1-2-18-11(17)8(12)9(15)6-3-5(13)4-7(14)10(6)16;/h3-4,8-9,16H,2,15H2,1H3;1H/t8?,9-;/m1./s1. The first-order valence-electron chi connectivity index (χ1n) is 5.12. The lowest BCUT2D eigenvalue weighted by molar-refractivity contribution is -0.149. The Hall–Kier alpha value is 0.130. The first kappa shape index (κ1) is 19.1. The molecule has 3 N–H and O–H groups in total. The summed E-state index contributed by atoms with van der Waals surface area (Å²) in [5, 5.41) is 9.84. The Balaban J connectivity index is 0.00000324. The van der Waals surface area contributed by atoms with Gasteiger partial charge < -0.3 is 15.6 Å². The van der Waals surface area contributed by atoms with Crippen LogP contribution in [-0.4, -0.2) is 23.9 Å². The van der Waals surface area contributed by atoms with E-state index in [1.54, 1.807) is 19.1 Å². The van der Waals surface area contributed by atoms with Crippen molar-refractivity contribution >= 4 is 63.6 Å². The SMILES string of the molecule is CCOC(=O)C(F)[C@H](N)c1cc(I)cc(I)c1O.Cl. The second kappa shape index (κ2) is 8.42. The fourth-order valence-electron chi connectivity index (χ4n) is 1.37. The van der Waals surface area contributed by atoms with Crippen LogP contribution in [0.3, 0.4) is 0 Å². The second-order valence-electron chi connectivity index (χ2n) is 3.51. The third kappa shape index (κ3) is 4.87. The number of phenolic OH excluding ortho intramolecular Hbond substituents is 1. The van der Waals surface area contributed by atoms with Crippen LogP contribution >= 0.6 is 57.6 Å². The molecule has 1 rings (SSSR count). The van der Waals surface area contributed by atoms with Gasteiger partial charge in [0.1, 0.15) is 5.75 Å². The van der Waals surface area contributed by atoms with Crippen LogP contribution in [0.1, 0.15) is 18.5 Å². The molecule has 108 valence electrons. The third-order valence-electron chi connectivity index (χ3n) is 2.24. The number of halogens is 4. The van der Waals surface area contributed by atoms with Gasteiger partial charge in [0, 0.05) is 9.13 Å². The highest BCUT2D eigenvalue weighted by atomic mass is 127. The van der Waals surface area contributed by atoms with E-state index in [0.29, 0.717) is 3.57 Å². The number of hydrogen-bond acceptors (Lipinski definition) is 4. The molecule has 1 unspecified atom stereocenters. The summed E-state index contributed by atoms with van der Waals surface area (Å²) in [6.45, 7) is 1.67. The van der Waals surface area contributed by atoms with E-state index in [9.17, 15) is 14.3 Å². The fraction of sp³-hybridized carbons (Fsp3) is 0.364. The number of phenols is 1. The lowest BCUT2D eigenvalue weighted by Gasteiger charge is -2.18. The fourth-order valence-corrected chi connectivity index (χ4v) is 3.26. The first-order valence-corrected chi connectivity index (χ1v) is 7.28. The van der Waals surface area contributed by atoms with Crippen molar-refractivity contribution in [3.8, 4) is 5.75 Å². The number of ether oxygens (including phenoxy) is 1. The summed E-state index contributed by atoms with van der Waals surface area (Å²) < 4.78 is 19.7. The normalized spacial score (nSPS) is 13.3. The van der Waals surface area contributed by atoms with Gasteiger partial charge >= 0.3 is 5.97 Å². The van der Waals surface area contributed by atoms with Crippen molar-refractivity contribution in [2.75, 3.05) is 6.61 Å². The molecule has 1 aromatic rings. The highest BCUT2D eigenvalue weighted by molar-refractivity contribution is 14.1. The van der Waals surface area contributed by atoms with Crippen LogP contribution in [-0.2, 0) is 9.53 Å². The van der Waals surface area contributed by atoms with Crippen LogP contribution in [0.5, 0.6) is 5.75 Å². The van der Waals surface area contributed by atoms with Crippen LogP contribution < -0.4 is 5.73 Å². The molecule has 0 fully saturated rings. The van der Waals surface area contributed by atoms with Gasteiger partial charge in [0.25, 0.3) is 0 Å². The minimum Gasteiger partial charge on any atom is -0.506 e. The number of esters is 1. The van der Waals surface area contributed by atoms with Crippen LogP contribution in [0.15, 0.2) is 12.1 Å². The Bertz CT molecular complexity index is 462.